The maximum atomic E-state index is 13.0. The van der Waals surface area contributed by atoms with Crippen LogP contribution < -0.4 is 5.32 Å². The summed E-state index contributed by atoms with van der Waals surface area (Å²) in [5.41, 5.74) is -1.21. The average molecular weight is 464 g/mol. The van der Waals surface area contributed by atoms with Crippen molar-refractivity contribution >= 4 is 32.9 Å². The van der Waals surface area contributed by atoms with Crippen molar-refractivity contribution in [3.8, 4) is 17.6 Å². The van der Waals surface area contributed by atoms with E-state index in [-0.39, 0.29) is 44.6 Å². The van der Waals surface area contributed by atoms with Crippen molar-refractivity contribution in [1.82, 2.24) is 24.7 Å². The van der Waals surface area contributed by atoms with Crippen LogP contribution in [0.25, 0.3) is 22.7 Å². The summed E-state index contributed by atoms with van der Waals surface area (Å²) in [6.07, 6.45) is -1.43. The lowest BCUT2D eigenvalue weighted by atomic mass is 10.3. The lowest BCUT2D eigenvalue weighted by Gasteiger charge is -2.11. The molecule has 14 heteroatoms. The standard InChI is InChI=1S/C18H15F3N8O2S/c1-3-32(30,31)13-4-11(24-8-10(6-22)7-23)9-25-15(13)17-26-12-5-14(18(19,20)21)27-28-16(12)29(17)2/h4-6,8-9,22,24H,3H2,1-2H3/b10-8+,22-6?. The minimum absolute atomic E-state index is 0.0108. The molecule has 32 heavy (non-hydrogen) atoms. The van der Waals surface area contributed by atoms with Crippen LogP contribution in [-0.2, 0) is 23.1 Å². The summed E-state index contributed by atoms with van der Waals surface area (Å²) in [6, 6.07) is 3.75. The first-order valence-electron chi connectivity index (χ1n) is 8.89. The number of hydrogen-bond acceptors (Lipinski definition) is 9. The van der Waals surface area contributed by atoms with Crippen LogP contribution in [0.4, 0.5) is 18.9 Å². The molecule has 0 atom stereocenters. The van der Waals surface area contributed by atoms with Gasteiger partial charge in [-0.2, -0.15) is 18.4 Å². The molecule has 0 aliphatic carbocycles. The fraction of sp³-hybridized carbons (Fsp3) is 0.222. The highest BCUT2D eigenvalue weighted by molar-refractivity contribution is 7.91. The van der Waals surface area contributed by atoms with Crippen LogP contribution in [0.3, 0.4) is 0 Å². The Morgan fingerprint density at radius 3 is 2.66 bits per heavy atom. The number of nitrogens with zero attached hydrogens (tertiary/aromatic N) is 6. The number of sulfone groups is 1. The number of nitriles is 1. The van der Waals surface area contributed by atoms with Gasteiger partial charge in [-0.1, -0.05) is 6.92 Å². The van der Waals surface area contributed by atoms with Crippen molar-refractivity contribution in [2.24, 2.45) is 7.05 Å². The lowest BCUT2D eigenvalue weighted by molar-refractivity contribution is -0.141. The summed E-state index contributed by atoms with van der Waals surface area (Å²) in [6.45, 7) is 1.43. The van der Waals surface area contributed by atoms with Gasteiger partial charge in [0, 0.05) is 25.5 Å². The number of hydrogen-bond donors (Lipinski definition) is 2. The van der Waals surface area contributed by atoms with Crippen LogP contribution in [0.1, 0.15) is 12.6 Å². The first-order chi connectivity index (χ1) is 15.0. The SMILES string of the molecule is CCS(=O)(=O)c1cc(N/C=C(/C#N)C=N)cnc1-c1nc2cc(C(F)(F)F)nnc2n1C. The maximum absolute atomic E-state index is 13.0. The largest absolute Gasteiger partial charge is 0.435 e. The Balaban J connectivity index is 2.19. The van der Waals surface area contributed by atoms with Gasteiger partial charge in [-0.25, -0.2) is 18.4 Å². The maximum Gasteiger partial charge on any atom is 0.435 e. The Labute approximate surface area is 179 Å². The predicted molar refractivity (Wildman–Crippen MR) is 108 cm³/mol. The summed E-state index contributed by atoms with van der Waals surface area (Å²) in [5.74, 6) is -0.285. The molecule has 0 unspecified atom stereocenters. The Hall–Kier alpha value is -3.86. The summed E-state index contributed by atoms with van der Waals surface area (Å²) in [4.78, 5) is 8.07. The quantitative estimate of drug-likeness (QED) is 0.417. The number of nitrogens with one attached hydrogen (secondary N) is 2. The zero-order chi connectivity index (χ0) is 23.7. The van der Waals surface area contributed by atoms with Gasteiger partial charge in [-0.15, -0.1) is 10.2 Å². The van der Waals surface area contributed by atoms with Crippen LogP contribution in [-0.4, -0.2) is 45.1 Å². The van der Waals surface area contributed by atoms with Gasteiger partial charge >= 0.3 is 6.18 Å². The molecule has 0 aromatic carbocycles. The molecule has 3 heterocycles. The van der Waals surface area contributed by atoms with Crippen molar-refractivity contribution in [2.45, 2.75) is 18.0 Å². The molecule has 0 spiro atoms. The number of pyridine rings is 1. The number of allylic oxidation sites excluding steroid dienone is 1. The number of fused-ring (bicyclic) bond motifs is 1. The molecule has 3 rings (SSSR count). The van der Waals surface area contributed by atoms with Gasteiger partial charge in [-0.3, -0.25) is 0 Å². The third kappa shape index (κ3) is 4.28. The molecule has 0 radical (unpaired) electrons. The zero-order valence-electron chi connectivity index (χ0n) is 16.6. The minimum atomic E-state index is -4.71. The van der Waals surface area contributed by atoms with E-state index in [0.717, 1.165) is 12.3 Å². The van der Waals surface area contributed by atoms with E-state index in [9.17, 15) is 21.6 Å². The molecule has 0 fully saturated rings. The Kier molecular flexibility index (Phi) is 5.95. The Morgan fingerprint density at radius 2 is 2.06 bits per heavy atom. The van der Waals surface area contributed by atoms with Crippen LogP contribution in [0, 0.1) is 16.7 Å². The summed E-state index contributed by atoms with van der Waals surface area (Å²) in [7, 11) is -2.38. The fourth-order valence-electron chi connectivity index (χ4n) is 2.69. The van der Waals surface area contributed by atoms with Gasteiger partial charge in [0.25, 0.3) is 0 Å². The van der Waals surface area contributed by atoms with Crippen molar-refractivity contribution in [3.05, 3.63) is 35.8 Å². The number of anilines is 1. The van der Waals surface area contributed by atoms with Crippen LogP contribution in [0.15, 0.2) is 35.0 Å². The van der Waals surface area contributed by atoms with Gasteiger partial charge in [0.15, 0.2) is 27.0 Å². The third-order valence-corrected chi connectivity index (χ3v) is 6.11. The molecule has 0 saturated heterocycles. The highest BCUT2D eigenvalue weighted by Crippen LogP contribution is 2.32. The summed E-state index contributed by atoms with van der Waals surface area (Å²) in [5, 5.41) is 25.4. The third-order valence-electron chi connectivity index (χ3n) is 4.37. The van der Waals surface area contributed by atoms with Gasteiger partial charge < -0.3 is 15.3 Å². The number of rotatable bonds is 6. The molecular weight excluding hydrogens is 449 g/mol. The molecule has 3 aromatic heterocycles. The topological polar surface area (TPSA) is 150 Å². The van der Waals surface area contributed by atoms with Crippen LogP contribution in [0.2, 0.25) is 0 Å². The molecule has 2 N–H and O–H groups in total. The van der Waals surface area contributed by atoms with Crippen molar-refractivity contribution in [1.29, 1.82) is 10.7 Å². The number of alkyl halides is 3. The van der Waals surface area contributed by atoms with E-state index in [4.69, 9.17) is 10.7 Å². The highest BCUT2D eigenvalue weighted by Gasteiger charge is 2.34. The second-order valence-electron chi connectivity index (χ2n) is 6.40. The number of halogens is 3. The lowest BCUT2D eigenvalue weighted by Crippen LogP contribution is -2.10. The highest BCUT2D eigenvalue weighted by atomic mass is 32.2. The molecule has 0 amide bonds. The smallest absolute Gasteiger partial charge is 0.359 e. The van der Waals surface area contributed by atoms with E-state index in [2.05, 4.69) is 25.5 Å². The number of aromatic nitrogens is 5. The fourth-order valence-corrected chi connectivity index (χ4v) is 3.74. The Bertz CT molecular complexity index is 1390. The zero-order valence-corrected chi connectivity index (χ0v) is 17.5. The van der Waals surface area contributed by atoms with E-state index in [0.29, 0.717) is 0 Å². The van der Waals surface area contributed by atoms with Gasteiger partial charge in [-0.05, 0) is 6.07 Å². The molecule has 166 valence electrons. The predicted octanol–water partition coefficient (Wildman–Crippen LogP) is 2.71. The molecular formula is C18H15F3N8O2S. The molecule has 3 aromatic rings. The molecule has 0 saturated carbocycles. The van der Waals surface area contributed by atoms with Gasteiger partial charge in [0.1, 0.15) is 17.3 Å². The monoisotopic (exact) mass is 464 g/mol. The minimum Gasteiger partial charge on any atom is -0.359 e. The van der Waals surface area contributed by atoms with Gasteiger partial charge in [0.2, 0.25) is 0 Å². The first kappa shape index (κ1) is 22.8. The summed E-state index contributed by atoms with van der Waals surface area (Å²) >= 11 is 0. The number of imidazole rings is 1. The van der Waals surface area contributed by atoms with Crippen molar-refractivity contribution < 1.29 is 21.6 Å². The molecule has 0 bridgehead atoms. The second-order valence-corrected chi connectivity index (χ2v) is 8.65. The van der Waals surface area contributed by atoms with E-state index in [1.54, 1.807) is 6.07 Å². The normalized spacial score (nSPS) is 12.6. The van der Waals surface area contributed by atoms with Crippen LogP contribution in [0.5, 0.6) is 0 Å². The average Bonchev–Trinajstić information content (AvgIpc) is 3.09. The van der Waals surface area contributed by atoms with E-state index in [1.807, 2.05) is 0 Å². The first-order valence-corrected chi connectivity index (χ1v) is 10.5. The molecule has 0 aliphatic rings. The van der Waals surface area contributed by atoms with E-state index >= 15 is 0 Å². The van der Waals surface area contributed by atoms with Crippen molar-refractivity contribution in [2.75, 3.05) is 11.1 Å². The van der Waals surface area contributed by atoms with Gasteiger partial charge in [0.05, 0.1) is 28.1 Å². The Morgan fingerprint density at radius 1 is 1.34 bits per heavy atom. The molecule has 0 aliphatic heterocycles. The van der Waals surface area contributed by atoms with E-state index in [1.165, 1.54) is 37.0 Å². The molecule has 10 nitrogen and oxygen atoms in total. The summed E-state index contributed by atoms with van der Waals surface area (Å²) < 4.78 is 65.6. The second kappa shape index (κ2) is 8.35. The van der Waals surface area contributed by atoms with Crippen LogP contribution >= 0.6 is 0 Å². The van der Waals surface area contributed by atoms with E-state index < -0.39 is 21.7 Å². The number of aryl methyl sites for hydroxylation is 1. The van der Waals surface area contributed by atoms with Crippen molar-refractivity contribution in [3.63, 3.8) is 0 Å².